The zero-order valence-corrected chi connectivity index (χ0v) is 17.3. The fourth-order valence-corrected chi connectivity index (χ4v) is 4.15. The highest BCUT2D eigenvalue weighted by Gasteiger charge is 2.36. The number of hydrogen-bond acceptors (Lipinski definition) is 3. The van der Waals surface area contributed by atoms with E-state index in [9.17, 15) is 18.1 Å². The van der Waals surface area contributed by atoms with Crippen molar-refractivity contribution in [3.63, 3.8) is 0 Å². The molecule has 1 unspecified atom stereocenters. The van der Waals surface area contributed by atoms with Crippen LogP contribution in [-0.4, -0.2) is 15.2 Å². The lowest BCUT2D eigenvalue weighted by Crippen LogP contribution is -2.41. The van der Waals surface area contributed by atoms with Crippen molar-refractivity contribution in [2.75, 3.05) is 5.32 Å². The molecule has 2 atom stereocenters. The van der Waals surface area contributed by atoms with Gasteiger partial charge in [-0.05, 0) is 69.5 Å². The predicted octanol–water partition coefficient (Wildman–Crippen LogP) is 4.91. The number of carbonyl (C=O) groups is 1. The molecule has 0 saturated heterocycles. The summed E-state index contributed by atoms with van der Waals surface area (Å²) in [6.45, 7) is 5.50. The molecular weight excluding hydrogens is 406 g/mol. The number of hydrogen-bond donors (Lipinski definition) is 2. The number of fused-ring (bicyclic) bond motifs is 1. The van der Waals surface area contributed by atoms with Crippen LogP contribution >= 0.6 is 11.6 Å². The van der Waals surface area contributed by atoms with Gasteiger partial charge in [0.25, 0.3) is 5.91 Å². The van der Waals surface area contributed by atoms with E-state index in [0.717, 1.165) is 6.07 Å². The third-order valence-corrected chi connectivity index (χ3v) is 6.46. The first-order valence-electron chi connectivity index (χ1n) is 8.83. The van der Waals surface area contributed by atoms with Gasteiger partial charge in [-0.15, -0.1) is 4.72 Å². The Morgan fingerprint density at radius 2 is 1.89 bits per heavy atom. The molecular formula is C20H21ClF2N2O2S. The Bertz CT molecular complexity index is 918. The molecule has 1 aliphatic carbocycles. The molecule has 0 spiro atoms. The van der Waals surface area contributed by atoms with Crippen molar-refractivity contribution >= 4 is 34.6 Å². The van der Waals surface area contributed by atoms with Crippen LogP contribution in [0, 0.1) is 11.6 Å². The lowest BCUT2D eigenvalue weighted by molar-refractivity contribution is 0.102. The molecule has 0 aromatic heterocycles. The molecule has 0 saturated carbocycles. The number of halogens is 3. The van der Waals surface area contributed by atoms with Gasteiger partial charge < -0.3 is 9.87 Å². The molecule has 0 bridgehead atoms. The van der Waals surface area contributed by atoms with Gasteiger partial charge in [0.1, 0.15) is 16.4 Å². The zero-order chi connectivity index (χ0) is 20.6. The van der Waals surface area contributed by atoms with Crippen LogP contribution in [0.2, 0.25) is 5.02 Å². The Morgan fingerprint density at radius 3 is 2.54 bits per heavy atom. The number of anilines is 1. The van der Waals surface area contributed by atoms with Crippen molar-refractivity contribution in [1.82, 2.24) is 4.72 Å². The highest BCUT2D eigenvalue weighted by molar-refractivity contribution is 7.90. The summed E-state index contributed by atoms with van der Waals surface area (Å²) in [4.78, 5) is 12.7. The van der Waals surface area contributed by atoms with Crippen LogP contribution in [0.15, 0.2) is 30.3 Å². The molecule has 28 heavy (non-hydrogen) atoms. The molecule has 1 aliphatic rings. The van der Waals surface area contributed by atoms with Gasteiger partial charge in [0.05, 0.1) is 11.1 Å². The van der Waals surface area contributed by atoms with E-state index in [2.05, 4.69) is 10.0 Å². The van der Waals surface area contributed by atoms with E-state index in [1.165, 1.54) is 24.3 Å². The highest BCUT2D eigenvalue weighted by atomic mass is 35.5. The summed E-state index contributed by atoms with van der Waals surface area (Å²) in [6, 6.07) is 6.12. The van der Waals surface area contributed by atoms with Crippen molar-refractivity contribution in [3.8, 4) is 0 Å². The van der Waals surface area contributed by atoms with E-state index < -0.39 is 39.7 Å². The van der Waals surface area contributed by atoms with E-state index in [0.29, 0.717) is 35.2 Å². The maximum atomic E-state index is 14.5. The topological polar surface area (TPSA) is 64.2 Å². The van der Waals surface area contributed by atoms with E-state index in [1.807, 2.05) is 20.8 Å². The quantitative estimate of drug-likeness (QED) is 0.683. The van der Waals surface area contributed by atoms with E-state index in [1.54, 1.807) is 0 Å². The molecule has 1 amide bonds. The average molecular weight is 427 g/mol. The van der Waals surface area contributed by atoms with Crippen molar-refractivity contribution in [3.05, 3.63) is 63.7 Å². The first kappa shape index (κ1) is 21.0. The summed E-state index contributed by atoms with van der Waals surface area (Å²) in [5.74, 6) is -1.45. The number of carbonyl (C=O) groups excluding carboxylic acids is 1. The lowest BCUT2D eigenvalue weighted by atomic mass is 10.0. The van der Waals surface area contributed by atoms with Gasteiger partial charge in [-0.1, -0.05) is 11.6 Å². The monoisotopic (exact) mass is 426 g/mol. The second kappa shape index (κ2) is 7.99. The molecule has 2 aromatic carbocycles. The van der Waals surface area contributed by atoms with Crippen LogP contribution in [0.3, 0.4) is 0 Å². The Kier molecular flexibility index (Phi) is 6.00. The van der Waals surface area contributed by atoms with Gasteiger partial charge in [0.15, 0.2) is 0 Å². The first-order valence-corrected chi connectivity index (χ1v) is 10.4. The van der Waals surface area contributed by atoms with E-state index >= 15 is 0 Å². The summed E-state index contributed by atoms with van der Waals surface area (Å²) < 4.78 is 42.7. The van der Waals surface area contributed by atoms with Gasteiger partial charge in [0, 0.05) is 28.2 Å². The minimum Gasteiger partial charge on any atom is -0.598 e. The molecule has 0 radical (unpaired) electrons. The largest absolute Gasteiger partial charge is 0.598 e. The van der Waals surface area contributed by atoms with Gasteiger partial charge in [-0.25, -0.2) is 8.78 Å². The Labute approximate surface area is 171 Å². The van der Waals surface area contributed by atoms with Gasteiger partial charge >= 0.3 is 0 Å². The zero-order valence-electron chi connectivity index (χ0n) is 15.7. The Morgan fingerprint density at radius 1 is 1.21 bits per heavy atom. The maximum absolute atomic E-state index is 14.5. The number of nitrogens with one attached hydrogen (secondary N) is 2. The predicted molar refractivity (Wildman–Crippen MR) is 108 cm³/mol. The standard InChI is InChI=1S/C20H21ClF2N2O2S/c1-20(2,3)28(27)25-17-9-6-12-13(5-8-16(23)18(12)17)19(26)24-11-4-7-15(22)14(21)10-11/h4-5,7-8,10,17,25H,6,9H2,1-3H3,(H,24,26)/t17-,28?/m0/s1. The molecule has 8 heteroatoms. The van der Waals surface area contributed by atoms with Gasteiger partial charge in [-0.2, -0.15) is 0 Å². The maximum Gasteiger partial charge on any atom is 0.255 e. The Hall–Kier alpha value is -1.67. The minimum absolute atomic E-state index is 0.101. The molecule has 2 N–H and O–H groups in total. The van der Waals surface area contributed by atoms with E-state index in [4.69, 9.17) is 11.6 Å². The number of amides is 1. The van der Waals surface area contributed by atoms with Crippen molar-refractivity contribution < 1.29 is 18.1 Å². The minimum atomic E-state index is -1.36. The van der Waals surface area contributed by atoms with Crippen LogP contribution in [0.1, 0.15) is 54.7 Å². The first-order chi connectivity index (χ1) is 13.1. The third kappa shape index (κ3) is 4.33. The summed E-state index contributed by atoms with van der Waals surface area (Å²) in [7, 11) is 0. The van der Waals surface area contributed by atoms with E-state index in [-0.39, 0.29) is 5.02 Å². The fraction of sp³-hybridized carbons (Fsp3) is 0.350. The summed E-state index contributed by atoms with van der Waals surface area (Å²) in [6.07, 6.45) is 1.03. The molecule has 0 fully saturated rings. The molecule has 2 aromatic rings. The smallest absolute Gasteiger partial charge is 0.255 e. The normalized spacial score (nSPS) is 17.3. The number of rotatable bonds is 4. The number of benzene rings is 2. The van der Waals surface area contributed by atoms with Crippen LogP contribution < -0.4 is 10.0 Å². The van der Waals surface area contributed by atoms with Crippen molar-refractivity contribution in [1.29, 1.82) is 0 Å². The van der Waals surface area contributed by atoms with Crippen LogP contribution in [0.25, 0.3) is 0 Å². The summed E-state index contributed by atoms with van der Waals surface area (Å²) in [5, 5.41) is 2.56. The molecule has 3 rings (SSSR count). The van der Waals surface area contributed by atoms with Crippen LogP contribution in [0.5, 0.6) is 0 Å². The molecule has 150 valence electrons. The average Bonchev–Trinajstić information content (AvgIpc) is 3.02. The third-order valence-electron chi connectivity index (χ3n) is 4.56. The van der Waals surface area contributed by atoms with Gasteiger partial charge in [-0.3, -0.25) is 4.79 Å². The van der Waals surface area contributed by atoms with Gasteiger partial charge in [0.2, 0.25) is 0 Å². The van der Waals surface area contributed by atoms with Crippen molar-refractivity contribution in [2.45, 2.75) is 44.4 Å². The fourth-order valence-electron chi connectivity index (χ4n) is 3.12. The lowest BCUT2D eigenvalue weighted by Gasteiger charge is -2.26. The van der Waals surface area contributed by atoms with Crippen LogP contribution in [0.4, 0.5) is 14.5 Å². The molecule has 4 nitrogen and oxygen atoms in total. The van der Waals surface area contributed by atoms with Crippen LogP contribution in [-0.2, 0) is 17.8 Å². The second-order valence-corrected chi connectivity index (χ2v) is 10.1. The second-order valence-electron chi connectivity index (χ2n) is 7.66. The van der Waals surface area contributed by atoms with Crippen molar-refractivity contribution in [2.24, 2.45) is 0 Å². The summed E-state index contributed by atoms with van der Waals surface area (Å²) >= 11 is 4.39. The highest BCUT2D eigenvalue weighted by Crippen LogP contribution is 2.37. The Balaban J connectivity index is 1.86. The molecule has 0 aliphatic heterocycles. The molecule has 0 heterocycles. The SMILES string of the molecule is CC(C)(C)[S+]([O-])N[C@H]1CCc2c(C(=O)Nc3ccc(F)c(Cl)c3)ccc(F)c21. The summed E-state index contributed by atoms with van der Waals surface area (Å²) in [5.41, 5.74) is 1.65.